The van der Waals surface area contributed by atoms with Crippen molar-refractivity contribution in [3.8, 4) is 0 Å². The van der Waals surface area contributed by atoms with Crippen LogP contribution in [0.3, 0.4) is 0 Å². The molecular formula is C22H23BrN2OS. The van der Waals surface area contributed by atoms with Crippen LogP contribution in [-0.2, 0) is 4.79 Å². The van der Waals surface area contributed by atoms with Gasteiger partial charge in [-0.05, 0) is 74.7 Å². The number of thioether (sulfide) groups is 1. The Kier molecular flexibility index (Phi) is 6.22. The predicted octanol–water partition coefficient (Wildman–Crippen LogP) is 6.43. The van der Waals surface area contributed by atoms with E-state index in [1.165, 1.54) is 33.8 Å². The highest BCUT2D eigenvalue weighted by atomic mass is 79.9. The van der Waals surface area contributed by atoms with Crippen LogP contribution in [0.1, 0.15) is 30.0 Å². The molecule has 0 spiro atoms. The molecule has 0 fully saturated rings. The van der Waals surface area contributed by atoms with Gasteiger partial charge >= 0.3 is 0 Å². The zero-order chi connectivity index (χ0) is 19.6. The molecule has 0 aliphatic heterocycles. The Morgan fingerprint density at radius 1 is 1.11 bits per heavy atom. The molecule has 3 rings (SSSR count). The van der Waals surface area contributed by atoms with Crippen LogP contribution >= 0.6 is 27.7 Å². The average molecular weight is 443 g/mol. The highest BCUT2D eigenvalue weighted by Gasteiger charge is 2.19. The minimum absolute atomic E-state index is 0.00463. The van der Waals surface area contributed by atoms with Crippen LogP contribution in [0.4, 0.5) is 5.69 Å². The summed E-state index contributed by atoms with van der Waals surface area (Å²) >= 11 is 4.94. The quantitative estimate of drug-likeness (QED) is 0.462. The van der Waals surface area contributed by atoms with Gasteiger partial charge in [-0.1, -0.05) is 46.2 Å². The molecule has 0 aliphatic rings. The van der Waals surface area contributed by atoms with Crippen molar-refractivity contribution < 1.29 is 4.79 Å². The maximum atomic E-state index is 12.7. The van der Waals surface area contributed by atoms with Gasteiger partial charge in [0.15, 0.2) is 0 Å². The third-order valence-corrected chi connectivity index (χ3v) is 6.28. The largest absolute Gasteiger partial charge is 0.325 e. The van der Waals surface area contributed by atoms with Crippen LogP contribution in [0.25, 0.3) is 10.9 Å². The number of nitrogens with one attached hydrogen (secondary N) is 1. The third kappa shape index (κ3) is 4.71. The number of pyridine rings is 1. The molecule has 1 amide bonds. The summed E-state index contributed by atoms with van der Waals surface area (Å²) in [6.45, 7) is 8.33. The maximum Gasteiger partial charge on any atom is 0.237 e. The summed E-state index contributed by atoms with van der Waals surface area (Å²) in [6, 6.07) is 14.0. The van der Waals surface area contributed by atoms with Crippen molar-refractivity contribution in [2.75, 3.05) is 5.32 Å². The van der Waals surface area contributed by atoms with Gasteiger partial charge in [0.05, 0.1) is 15.8 Å². The van der Waals surface area contributed by atoms with Gasteiger partial charge in [0, 0.05) is 15.5 Å². The topological polar surface area (TPSA) is 42.0 Å². The second-order valence-corrected chi connectivity index (χ2v) is 8.90. The first-order chi connectivity index (χ1) is 12.9. The van der Waals surface area contributed by atoms with E-state index in [0.29, 0.717) is 0 Å². The Hall–Kier alpha value is -1.85. The van der Waals surface area contributed by atoms with E-state index in [2.05, 4.69) is 60.2 Å². The van der Waals surface area contributed by atoms with Gasteiger partial charge in [0.25, 0.3) is 0 Å². The van der Waals surface area contributed by atoms with E-state index in [0.717, 1.165) is 27.1 Å². The van der Waals surface area contributed by atoms with Gasteiger partial charge < -0.3 is 5.32 Å². The molecule has 2 aromatic carbocycles. The molecule has 1 N–H and O–H groups in total. The fraction of sp³-hybridized carbons (Fsp3) is 0.273. The van der Waals surface area contributed by atoms with Crippen molar-refractivity contribution in [1.29, 1.82) is 0 Å². The van der Waals surface area contributed by atoms with Gasteiger partial charge in [-0.2, -0.15) is 0 Å². The number of halogens is 1. The van der Waals surface area contributed by atoms with Crippen LogP contribution in [0.15, 0.2) is 52.0 Å². The minimum Gasteiger partial charge on any atom is -0.325 e. The lowest BCUT2D eigenvalue weighted by atomic mass is 10.0. The molecule has 1 unspecified atom stereocenters. The molecule has 27 heavy (non-hydrogen) atoms. The molecule has 0 bridgehead atoms. The van der Waals surface area contributed by atoms with Gasteiger partial charge in [-0.3, -0.25) is 4.79 Å². The highest BCUT2D eigenvalue weighted by Crippen LogP contribution is 2.30. The Bertz CT molecular complexity index is 986. The monoisotopic (exact) mass is 442 g/mol. The van der Waals surface area contributed by atoms with E-state index in [9.17, 15) is 4.79 Å². The predicted molar refractivity (Wildman–Crippen MR) is 119 cm³/mol. The van der Waals surface area contributed by atoms with Crippen LogP contribution in [-0.4, -0.2) is 16.1 Å². The van der Waals surface area contributed by atoms with E-state index in [1.54, 1.807) is 0 Å². The lowest BCUT2D eigenvalue weighted by molar-refractivity contribution is -0.115. The molecule has 140 valence electrons. The first-order valence-corrected chi connectivity index (χ1v) is 10.7. The zero-order valence-electron chi connectivity index (χ0n) is 16.0. The Morgan fingerprint density at radius 2 is 1.81 bits per heavy atom. The SMILES string of the molecule is CCC(Sc1cc(C)c2cc(C)cc(C)c2n1)C(=O)Nc1ccc(Br)cc1. The minimum atomic E-state index is -0.191. The van der Waals surface area contributed by atoms with E-state index in [-0.39, 0.29) is 11.2 Å². The summed E-state index contributed by atoms with van der Waals surface area (Å²) in [4.78, 5) is 17.6. The number of anilines is 1. The molecule has 5 heteroatoms. The van der Waals surface area contributed by atoms with E-state index < -0.39 is 0 Å². The summed E-state index contributed by atoms with van der Waals surface area (Å²) in [7, 11) is 0. The van der Waals surface area contributed by atoms with Crippen molar-refractivity contribution in [3.63, 3.8) is 0 Å². The normalized spacial score (nSPS) is 12.2. The number of nitrogens with zero attached hydrogens (tertiary/aromatic N) is 1. The summed E-state index contributed by atoms with van der Waals surface area (Å²) < 4.78 is 0.989. The number of benzene rings is 2. The molecule has 3 nitrogen and oxygen atoms in total. The molecule has 0 saturated carbocycles. The number of carbonyl (C=O) groups excluding carboxylic acids is 1. The average Bonchev–Trinajstić information content (AvgIpc) is 2.62. The molecule has 0 aliphatic carbocycles. The van der Waals surface area contributed by atoms with Crippen molar-refractivity contribution in [1.82, 2.24) is 4.98 Å². The summed E-state index contributed by atoms with van der Waals surface area (Å²) in [5, 5.41) is 4.89. The summed E-state index contributed by atoms with van der Waals surface area (Å²) in [5.41, 5.74) is 5.42. The lowest BCUT2D eigenvalue weighted by Gasteiger charge is -2.16. The number of fused-ring (bicyclic) bond motifs is 1. The third-order valence-electron chi connectivity index (χ3n) is 4.47. The molecule has 1 heterocycles. The summed E-state index contributed by atoms with van der Waals surface area (Å²) in [6.07, 6.45) is 0.735. The molecule has 0 saturated heterocycles. The van der Waals surface area contributed by atoms with E-state index in [4.69, 9.17) is 4.98 Å². The molecule has 1 atom stereocenters. The molecule has 1 aromatic heterocycles. The Morgan fingerprint density at radius 3 is 2.48 bits per heavy atom. The number of carbonyl (C=O) groups is 1. The van der Waals surface area contributed by atoms with Gasteiger partial charge in [0.2, 0.25) is 5.91 Å². The van der Waals surface area contributed by atoms with Gasteiger partial charge in [0.1, 0.15) is 0 Å². The van der Waals surface area contributed by atoms with E-state index >= 15 is 0 Å². The highest BCUT2D eigenvalue weighted by molar-refractivity contribution is 9.10. The van der Waals surface area contributed by atoms with Crippen LogP contribution in [0, 0.1) is 20.8 Å². The number of aryl methyl sites for hydroxylation is 3. The first-order valence-electron chi connectivity index (χ1n) is 8.99. The van der Waals surface area contributed by atoms with E-state index in [1.807, 2.05) is 31.2 Å². The molecule has 3 aromatic rings. The maximum absolute atomic E-state index is 12.7. The van der Waals surface area contributed by atoms with Crippen molar-refractivity contribution in [3.05, 3.63) is 63.6 Å². The van der Waals surface area contributed by atoms with Gasteiger partial charge in [-0.15, -0.1) is 0 Å². The lowest BCUT2D eigenvalue weighted by Crippen LogP contribution is -2.24. The zero-order valence-corrected chi connectivity index (χ0v) is 18.4. The fourth-order valence-electron chi connectivity index (χ4n) is 3.10. The number of aromatic nitrogens is 1. The fourth-order valence-corrected chi connectivity index (χ4v) is 4.38. The number of hydrogen-bond donors (Lipinski definition) is 1. The van der Waals surface area contributed by atoms with Crippen LogP contribution in [0.5, 0.6) is 0 Å². The first kappa shape index (κ1) is 19.9. The molecule has 0 radical (unpaired) electrons. The molecular weight excluding hydrogens is 420 g/mol. The van der Waals surface area contributed by atoms with Crippen molar-refractivity contribution in [2.45, 2.75) is 44.4 Å². The Balaban J connectivity index is 1.83. The van der Waals surface area contributed by atoms with Crippen LogP contribution in [0.2, 0.25) is 0 Å². The Labute approximate surface area is 173 Å². The van der Waals surface area contributed by atoms with Crippen molar-refractivity contribution >= 4 is 50.2 Å². The number of hydrogen-bond acceptors (Lipinski definition) is 3. The number of amides is 1. The smallest absolute Gasteiger partial charge is 0.237 e. The van der Waals surface area contributed by atoms with Crippen molar-refractivity contribution in [2.24, 2.45) is 0 Å². The second kappa shape index (κ2) is 8.44. The standard InChI is InChI=1S/C22H23BrN2OS/c1-5-19(22(26)24-17-8-6-16(23)7-9-17)27-20-12-14(3)18-11-13(2)10-15(4)21(18)25-20/h6-12,19H,5H2,1-4H3,(H,24,26). The summed E-state index contributed by atoms with van der Waals surface area (Å²) in [5.74, 6) is 0.00463. The van der Waals surface area contributed by atoms with Crippen LogP contribution < -0.4 is 5.32 Å². The number of rotatable bonds is 5. The van der Waals surface area contributed by atoms with Gasteiger partial charge in [-0.25, -0.2) is 4.98 Å². The second-order valence-electron chi connectivity index (χ2n) is 6.77.